The average molecular weight is 386 g/mol. The minimum atomic E-state index is -0.126. The number of ether oxygens (including phenoxy) is 1. The molecule has 0 radical (unpaired) electrons. The first kappa shape index (κ1) is 21.9. The lowest BCUT2D eigenvalue weighted by Gasteiger charge is -2.23. The maximum Gasteiger partial charge on any atom is 0.254 e. The van der Waals surface area contributed by atoms with E-state index in [0.29, 0.717) is 49.1 Å². The van der Waals surface area contributed by atoms with Crippen molar-refractivity contribution in [2.75, 3.05) is 46.9 Å². The van der Waals surface area contributed by atoms with Crippen LogP contribution in [0.3, 0.4) is 0 Å². The summed E-state index contributed by atoms with van der Waals surface area (Å²) in [5, 5.41) is 3.87. The number of rotatable bonds is 11. The predicted molar refractivity (Wildman–Crippen MR) is 103 cm³/mol. The van der Waals surface area contributed by atoms with Crippen molar-refractivity contribution < 1.29 is 14.4 Å². The van der Waals surface area contributed by atoms with Crippen LogP contribution in [0, 0.1) is 0 Å². The van der Waals surface area contributed by atoms with Crippen LogP contribution in [0.1, 0.15) is 23.7 Å². The number of benzene rings is 1. The van der Waals surface area contributed by atoms with Crippen molar-refractivity contribution in [3.05, 3.63) is 28.8 Å². The molecule has 9 heteroatoms. The van der Waals surface area contributed by atoms with Gasteiger partial charge in [0.05, 0.1) is 6.61 Å². The summed E-state index contributed by atoms with van der Waals surface area (Å²) in [4.78, 5) is 21.4. The van der Waals surface area contributed by atoms with E-state index in [1.165, 1.54) is 0 Å². The van der Waals surface area contributed by atoms with Gasteiger partial charge in [0, 0.05) is 36.6 Å². The molecule has 0 saturated heterocycles. The highest BCUT2D eigenvalue weighted by Gasteiger charge is 2.16. The summed E-state index contributed by atoms with van der Waals surface area (Å²) >= 11 is 6.14. The monoisotopic (exact) mass is 385 g/mol. The van der Waals surface area contributed by atoms with Crippen molar-refractivity contribution >= 4 is 23.5 Å². The molecule has 0 aliphatic heterocycles. The quantitative estimate of drug-likeness (QED) is 0.257. The Balaban J connectivity index is 2.64. The Morgan fingerprint density at radius 2 is 1.92 bits per heavy atom. The highest BCUT2D eigenvalue weighted by atomic mass is 35.5. The van der Waals surface area contributed by atoms with Crippen LogP contribution in [0.4, 0.5) is 0 Å². The SMILES string of the molecule is CCN(CCN(C)C)C(=O)c1cc(Cl)cc(OCCCON=C(N)N)c1. The number of guanidine groups is 1. The Morgan fingerprint density at radius 1 is 1.19 bits per heavy atom. The first-order valence-electron chi connectivity index (χ1n) is 8.41. The van der Waals surface area contributed by atoms with E-state index in [9.17, 15) is 4.79 Å². The molecule has 0 spiro atoms. The van der Waals surface area contributed by atoms with E-state index < -0.39 is 0 Å². The maximum absolute atomic E-state index is 12.7. The van der Waals surface area contributed by atoms with Gasteiger partial charge in [0.25, 0.3) is 5.91 Å². The first-order chi connectivity index (χ1) is 12.3. The van der Waals surface area contributed by atoms with Crippen molar-refractivity contribution in [1.29, 1.82) is 0 Å². The van der Waals surface area contributed by atoms with Gasteiger partial charge in [-0.15, -0.1) is 0 Å². The van der Waals surface area contributed by atoms with Crippen LogP contribution in [0.2, 0.25) is 5.02 Å². The molecular weight excluding hydrogens is 358 g/mol. The van der Waals surface area contributed by atoms with Gasteiger partial charge in [-0.3, -0.25) is 4.79 Å². The molecule has 0 saturated carbocycles. The van der Waals surface area contributed by atoms with Crippen molar-refractivity contribution in [2.45, 2.75) is 13.3 Å². The lowest BCUT2D eigenvalue weighted by molar-refractivity contribution is 0.0753. The number of nitrogens with zero attached hydrogens (tertiary/aromatic N) is 3. The molecule has 1 aromatic carbocycles. The zero-order chi connectivity index (χ0) is 19.5. The highest BCUT2D eigenvalue weighted by molar-refractivity contribution is 6.31. The smallest absolute Gasteiger partial charge is 0.254 e. The molecule has 0 heterocycles. The molecular formula is C17H28ClN5O3. The van der Waals surface area contributed by atoms with E-state index in [0.717, 1.165) is 6.54 Å². The van der Waals surface area contributed by atoms with Crippen molar-refractivity contribution in [2.24, 2.45) is 16.6 Å². The standard InChI is InChI=1S/C17H28ClN5O3/c1-4-23(7-6-22(2)3)16(24)13-10-14(18)12-15(11-13)25-8-5-9-26-21-17(19)20/h10-12H,4-9H2,1-3H3,(H4,19,20,21). The predicted octanol–water partition coefficient (Wildman–Crippen LogP) is 1.34. The molecule has 8 nitrogen and oxygen atoms in total. The average Bonchev–Trinajstić information content (AvgIpc) is 2.57. The van der Waals surface area contributed by atoms with E-state index in [4.69, 9.17) is 32.6 Å². The molecule has 1 amide bonds. The molecule has 0 bridgehead atoms. The fourth-order valence-electron chi connectivity index (χ4n) is 2.11. The summed E-state index contributed by atoms with van der Waals surface area (Å²) in [5.41, 5.74) is 10.8. The van der Waals surface area contributed by atoms with Crippen molar-refractivity contribution in [3.8, 4) is 5.75 Å². The number of oxime groups is 1. The van der Waals surface area contributed by atoms with Gasteiger partial charge in [0.15, 0.2) is 0 Å². The molecule has 0 aliphatic carbocycles. The second-order valence-electron chi connectivity index (χ2n) is 5.92. The van der Waals surface area contributed by atoms with Crippen LogP contribution in [-0.2, 0) is 4.84 Å². The molecule has 0 fully saturated rings. The van der Waals surface area contributed by atoms with Gasteiger partial charge >= 0.3 is 0 Å². The molecule has 0 aromatic heterocycles. The van der Waals surface area contributed by atoms with Gasteiger partial charge in [0.1, 0.15) is 12.4 Å². The van der Waals surface area contributed by atoms with Crippen molar-refractivity contribution in [1.82, 2.24) is 9.80 Å². The third-order valence-corrected chi connectivity index (χ3v) is 3.64. The van der Waals surface area contributed by atoms with Gasteiger partial charge in [-0.05, 0) is 44.4 Å². The first-order valence-corrected chi connectivity index (χ1v) is 8.79. The minimum absolute atomic E-state index is 0.0715. The Hall–Kier alpha value is -2.19. The highest BCUT2D eigenvalue weighted by Crippen LogP contribution is 2.22. The molecule has 1 rings (SSSR count). The molecule has 4 N–H and O–H groups in total. The summed E-state index contributed by atoms with van der Waals surface area (Å²) in [6, 6.07) is 5.02. The van der Waals surface area contributed by atoms with Gasteiger partial charge in [0.2, 0.25) is 5.96 Å². The molecule has 1 aromatic rings. The van der Waals surface area contributed by atoms with E-state index in [1.54, 1.807) is 23.1 Å². The van der Waals surface area contributed by atoms with Crippen LogP contribution in [0.15, 0.2) is 23.4 Å². The van der Waals surface area contributed by atoms with Gasteiger partial charge in [-0.1, -0.05) is 11.6 Å². The van der Waals surface area contributed by atoms with E-state index >= 15 is 0 Å². The third-order valence-electron chi connectivity index (χ3n) is 3.42. The topological polar surface area (TPSA) is 106 Å². The third kappa shape index (κ3) is 8.26. The fourth-order valence-corrected chi connectivity index (χ4v) is 2.33. The van der Waals surface area contributed by atoms with Gasteiger partial charge < -0.3 is 30.8 Å². The summed E-state index contributed by atoms with van der Waals surface area (Å²) in [7, 11) is 3.95. The normalized spacial score (nSPS) is 10.5. The number of likely N-dealkylation sites (N-methyl/N-ethyl adjacent to an activating group) is 2. The largest absolute Gasteiger partial charge is 0.493 e. The Bertz CT molecular complexity index is 606. The number of halogens is 1. The van der Waals surface area contributed by atoms with E-state index in [-0.39, 0.29) is 11.9 Å². The number of carbonyl (C=O) groups excluding carboxylic acids is 1. The van der Waals surface area contributed by atoms with Crippen LogP contribution in [0.25, 0.3) is 0 Å². The van der Waals surface area contributed by atoms with Crippen LogP contribution in [-0.4, -0.2) is 68.6 Å². The lowest BCUT2D eigenvalue weighted by Crippen LogP contribution is -2.36. The Morgan fingerprint density at radius 3 is 2.54 bits per heavy atom. The number of carbonyl (C=O) groups is 1. The summed E-state index contributed by atoms with van der Waals surface area (Å²) in [6.45, 7) is 4.71. The summed E-state index contributed by atoms with van der Waals surface area (Å²) in [6.07, 6.45) is 0.580. The number of amides is 1. The Kier molecular flexibility index (Phi) is 9.61. The number of hydrogen-bond acceptors (Lipinski definition) is 5. The van der Waals surface area contributed by atoms with Crippen LogP contribution in [0.5, 0.6) is 5.75 Å². The summed E-state index contributed by atoms with van der Waals surface area (Å²) in [5.74, 6) is 0.336. The van der Waals surface area contributed by atoms with E-state index in [2.05, 4.69) is 5.16 Å². The molecule has 0 aliphatic rings. The van der Waals surface area contributed by atoms with Gasteiger partial charge in [-0.2, -0.15) is 0 Å². The zero-order valence-corrected chi connectivity index (χ0v) is 16.3. The Labute approximate surface area is 159 Å². The molecule has 0 unspecified atom stereocenters. The molecule has 0 atom stereocenters. The number of nitrogens with two attached hydrogens (primary N) is 2. The number of hydrogen-bond donors (Lipinski definition) is 2. The molecule has 146 valence electrons. The second-order valence-corrected chi connectivity index (χ2v) is 6.35. The van der Waals surface area contributed by atoms with E-state index in [1.807, 2.05) is 25.9 Å². The maximum atomic E-state index is 12.7. The second kappa shape index (κ2) is 11.4. The minimum Gasteiger partial charge on any atom is -0.493 e. The van der Waals surface area contributed by atoms with Crippen LogP contribution >= 0.6 is 11.6 Å². The lowest BCUT2D eigenvalue weighted by atomic mass is 10.2. The summed E-state index contributed by atoms with van der Waals surface area (Å²) < 4.78 is 5.64. The fraction of sp³-hybridized carbons (Fsp3) is 0.529. The zero-order valence-electron chi connectivity index (χ0n) is 15.6. The molecule has 26 heavy (non-hydrogen) atoms. The van der Waals surface area contributed by atoms with Gasteiger partial charge in [-0.25, -0.2) is 0 Å². The van der Waals surface area contributed by atoms with Crippen molar-refractivity contribution in [3.63, 3.8) is 0 Å². The van der Waals surface area contributed by atoms with Crippen LogP contribution < -0.4 is 16.2 Å².